The smallest absolute Gasteiger partial charge is 0.153 e. The van der Waals surface area contributed by atoms with Crippen molar-refractivity contribution in [1.82, 2.24) is 0 Å². The van der Waals surface area contributed by atoms with Gasteiger partial charge in [0, 0.05) is 0 Å². The van der Waals surface area contributed by atoms with Gasteiger partial charge in [-0.15, -0.1) is 0 Å². The summed E-state index contributed by atoms with van der Waals surface area (Å²) in [7, 11) is 0. The maximum atomic E-state index is 11.3. The maximum Gasteiger partial charge on any atom is 0.153 e. The Hall–Kier alpha value is -1.92. The molecular formula is C16H18O6. The summed E-state index contributed by atoms with van der Waals surface area (Å²) in [6.45, 7) is 5.76. The zero-order chi connectivity index (χ0) is 15.8. The van der Waals surface area contributed by atoms with E-state index in [0.29, 0.717) is 61.6 Å². The molecule has 2 atom stereocenters. The molecule has 0 amide bonds. The number of benzene rings is 1. The number of ether oxygens (including phenoxy) is 4. The number of carbonyl (C=O) groups is 2. The van der Waals surface area contributed by atoms with Crippen LogP contribution in [-0.4, -0.2) is 50.2 Å². The Labute approximate surface area is 128 Å². The summed E-state index contributed by atoms with van der Waals surface area (Å²) in [6, 6.07) is 3.04. The van der Waals surface area contributed by atoms with Gasteiger partial charge in [-0.3, -0.25) is 9.59 Å². The van der Waals surface area contributed by atoms with Gasteiger partial charge in [-0.2, -0.15) is 0 Å². The first-order valence-corrected chi connectivity index (χ1v) is 7.09. The molecule has 0 bridgehead atoms. The lowest BCUT2D eigenvalue weighted by Crippen LogP contribution is -2.19. The molecule has 2 heterocycles. The van der Waals surface area contributed by atoms with Gasteiger partial charge in [0.15, 0.2) is 12.6 Å². The highest BCUT2D eigenvalue weighted by atomic mass is 16.6. The first-order valence-electron chi connectivity index (χ1n) is 7.09. The van der Waals surface area contributed by atoms with Gasteiger partial charge in [0.05, 0.1) is 24.3 Å². The second-order valence-electron chi connectivity index (χ2n) is 6.22. The maximum absolute atomic E-state index is 11.3. The average molecular weight is 306 g/mol. The van der Waals surface area contributed by atoms with Crippen molar-refractivity contribution in [2.24, 2.45) is 0 Å². The summed E-state index contributed by atoms with van der Waals surface area (Å²) >= 11 is 0. The van der Waals surface area contributed by atoms with Gasteiger partial charge in [-0.25, -0.2) is 0 Å². The molecule has 0 N–H and O–H groups in total. The number of hydrogen-bond donors (Lipinski definition) is 0. The molecule has 2 aliphatic rings. The largest absolute Gasteiger partial charge is 0.490 e. The summed E-state index contributed by atoms with van der Waals surface area (Å²) in [5.41, 5.74) is 0.0850. The molecule has 1 aromatic rings. The Kier molecular flexibility index (Phi) is 3.66. The fraction of sp³-hybridized carbons (Fsp3) is 0.500. The summed E-state index contributed by atoms with van der Waals surface area (Å²) < 4.78 is 21.7. The number of rotatable bonds is 8. The highest BCUT2D eigenvalue weighted by Crippen LogP contribution is 2.32. The molecule has 3 rings (SSSR count). The summed E-state index contributed by atoms with van der Waals surface area (Å²) in [4.78, 5) is 22.5. The highest BCUT2D eigenvalue weighted by Gasteiger charge is 2.41. The number of epoxide rings is 2. The lowest BCUT2D eigenvalue weighted by Gasteiger charge is -2.15. The van der Waals surface area contributed by atoms with E-state index in [0.717, 1.165) is 0 Å². The Balaban J connectivity index is 1.77. The predicted octanol–water partition coefficient (Wildman–Crippen LogP) is 1.65. The van der Waals surface area contributed by atoms with Gasteiger partial charge >= 0.3 is 0 Å². The standard InChI is InChI=1S/C16H18O6/c1-15(9-21-15)7-19-13-3-12(6-18)14(4-11(13)5-17)20-8-16(2)10-22-16/h3-6H,7-10H2,1-2H3. The molecule has 0 saturated carbocycles. The van der Waals surface area contributed by atoms with Crippen molar-refractivity contribution in [1.29, 1.82) is 0 Å². The fourth-order valence-corrected chi connectivity index (χ4v) is 1.90. The SMILES string of the molecule is CC1(COc2cc(C=O)c(OCC3(C)CO3)cc2C=O)CO1. The van der Waals surface area contributed by atoms with Crippen molar-refractivity contribution in [2.45, 2.75) is 25.0 Å². The molecule has 1 aromatic carbocycles. The molecular weight excluding hydrogens is 288 g/mol. The van der Waals surface area contributed by atoms with E-state index in [2.05, 4.69) is 0 Å². The molecule has 2 fully saturated rings. The van der Waals surface area contributed by atoms with Crippen LogP contribution in [0.5, 0.6) is 11.5 Å². The molecule has 0 radical (unpaired) electrons. The first kappa shape index (κ1) is 15.0. The van der Waals surface area contributed by atoms with Crippen LogP contribution >= 0.6 is 0 Å². The average Bonchev–Trinajstić information content (AvgIpc) is 3.43. The molecule has 0 spiro atoms. The molecule has 2 aliphatic heterocycles. The van der Waals surface area contributed by atoms with E-state index in [1.807, 2.05) is 13.8 Å². The van der Waals surface area contributed by atoms with Gasteiger partial charge in [0.25, 0.3) is 0 Å². The fourth-order valence-electron chi connectivity index (χ4n) is 1.90. The molecule has 2 unspecified atom stereocenters. The summed E-state index contributed by atoms with van der Waals surface area (Å²) in [6.07, 6.45) is 1.37. The normalized spacial score (nSPS) is 28.8. The lowest BCUT2D eigenvalue weighted by molar-refractivity contribution is 0.110. The van der Waals surface area contributed by atoms with Crippen LogP contribution in [-0.2, 0) is 9.47 Å². The van der Waals surface area contributed by atoms with E-state index in [1.54, 1.807) is 0 Å². The zero-order valence-corrected chi connectivity index (χ0v) is 12.6. The van der Waals surface area contributed by atoms with E-state index in [9.17, 15) is 9.59 Å². The summed E-state index contributed by atoms with van der Waals surface area (Å²) in [5, 5.41) is 0. The minimum atomic E-state index is -0.297. The minimum absolute atomic E-state index is 0.297. The molecule has 118 valence electrons. The van der Waals surface area contributed by atoms with E-state index < -0.39 is 0 Å². The van der Waals surface area contributed by atoms with Crippen LogP contribution in [0, 0.1) is 0 Å². The molecule has 6 heteroatoms. The molecule has 2 saturated heterocycles. The van der Waals surface area contributed by atoms with Crippen molar-refractivity contribution >= 4 is 12.6 Å². The second kappa shape index (κ2) is 5.37. The van der Waals surface area contributed by atoms with Crippen LogP contribution in [0.2, 0.25) is 0 Å². The molecule has 22 heavy (non-hydrogen) atoms. The topological polar surface area (TPSA) is 77.7 Å². The van der Waals surface area contributed by atoms with Crippen molar-refractivity contribution in [3.05, 3.63) is 23.3 Å². The summed E-state index contributed by atoms with van der Waals surface area (Å²) in [5.74, 6) is 0.713. The number of aldehydes is 2. The highest BCUT2D eigenvalue weighted by molar-refractivity contribution is 5.87. The third kappa shape index (κ3) is 3.28. The van der Waals surface area contributed by atoms with Crippen LogP contribution in [0.25, 0.3) is 0 Å². The van der Waals surface area contributed by atoms with Gasteiger partial charge < -0.3 is 18.9 Å². The van der Waals surface area contributed by atoms with Crippen molar-refractivity contribution in [3.8, 4) is 11.5 Å². The predicted molar refractivity (Wildman–Crippen MR) is 76.9 cm³/mol. The van der Waals surface area contributed by atoms with Gasteiger partial charge in [0.2, 0.25) is 0 Å². The van der Waals surface area contributed by atoms with Crippen molar-refractivity contribution < 1.29 is 28.5 Å². The van der Waals surface area contributed by atoms with Crippen molar-refractivity contribution in [3.63, 3.8) is 0 Å². The van der Waals surface area contributed by atoms with Gasteiger partial charge in [-0.05, 0) is 26.0 Å². The Morgan fingerprint density at radius 1 is 0.955 bits per heavy atom. The number of hydrogen-bond acceptors (Lipinski definition) is 6. The molecule has 0 aromatic heterocycles. The zero-order valence-electron chi connectivity index (χ0n) is 12.6. The first-order chi connectivity index (χ1) is 10.5. The van der Waals surface area contributed by atoms with E-state index in [4.69, 9.17) is 18.9 Å². The molecule has 0 aliphatic carbocycles. The van der Waals surface area contributed by atoms with Crippen LogP contribution in [0.1, 0.15) is 34.6 Å². The lowest BCUT2D eigenvalue weighted by atomic mass is 10.1. The van der Waals surface area contributed by atoms with E-state index in [1.165, 1.54) is 12.1 Å². The Bertz CT molecular complexity index is 547. The van der Waals surface area contributed by atoms with Crippen LogP contribution in [0.4, 0.5) is 0 Å². The number of carbonyl (C=O) groups excluding carboxylic acids is 2. The third-order valence-electron chi connectivity index (χ3n) is 3.74. The van der Waals surface area contributed by atoms with Gasteiger partial charge in [0.1, 0.15) is 35.9 Å². The Morgan fingerprint density at radius 3 is 1.59 bits per heavy atom. The second-order valence-corrected chi connectivity index (χ2v) is 6.22. The van der Waals surface area contributed by atoms with Crippen LogP contribution < -0.4 is 9.47 Å². The quantitative estimate of drug-likeness (QED) is 0.537. The van der Waals surface area contributed by atoms with Crippen LogP contribution in [0.3, 0.4) is 0 Å². The van der Waals surface area contributed by atoms with E-state index >= 15 is 0 Å². The molecule has 6 nitrogen and oxygen atoms in total. The minimum Gasteiger partial charge on any atom is -0.490 e. The Morgan fingerprint density at radius 2 is 1.32 bits per heavy atom. The van der Waals surface area contributed by atoms with Gasteiger partial charge in [-0.1, -0.05) is 0 Å². The van der Waals surface area contributed by atoms with E-state index in [-0.39, 0.29) is 11.2 Å². The third-order valence-corrected chi connectivity index (χ3v) is 3.74. The van der Waals surface area contributed by atoms with Crippen molar-refractivity contribution in [2.75, 3.05) is 26.4 Å². The van der Waals surface area contributed by atoms with Crippen LogP contribution in [0.15, 0.2) is 12.1 Å². The monoisotopic (exact) mass is 306 g/mol.